The lowest BCUT2D eigenvalue weighted by molar-refractivity contribution is -0.135. The summed E-state index contributed by atoms with van der Waals surface area (Å²) >= 11 is 0. The van der Waals surface area contributed by atoms with E-state index in [1.165, 1.54) is 6.26 Å². The Kier molecular flexibility index (Phi) is 8.23. The molecule has 2 atom stereocenters. The minimum Gasteiger partial charge on any atom is -0.457 e. The minimum atomic E-state index is -0.644. The molecule has 2 heterocycles. The highest BCUT2D eigenvalue weighted by atomic mass is 16.7. The van der Waals surface area contributed by atoms with Crippen LogP contribution in [0.25, 0.3) is 0 Å². The van der Waals surface area contributed by atoms with Crippen LogP contribution < -0.4 is 10.6 Å². The van der Waals surface area contributed by atoms with Crippen LogP contribution in [-0.4, -0.2) is 48.7 Å². The number of nitriles is 1. The molecule has 2 aromatic carbocycles. The summed E-state index contributed by atoms with van der Waals surface area (Å²) in [7, 11) is 0. The zero-order valence-corrected chi connectivity index (χ0v) is 19.6. The SMILES string of the molecule is N#Cc1ccc(CC(NC(=O)CCNC2=COC(Cc3ccccc3)O2)C(=O)N2CCCC2)cc1. The Hall–Kier alpha value is -3.99. The molecule has 8 nitrogen and oxygen atoms in total. The van der Waals surface area contributed by atoms with Crippen LogP contribution in [0, 0.1) is 11.3 Å². The maximum atomic E-state index is 13.1. The van der Waals surface area contributed by atoms with E-state index in [4.69, 9.17) is 14.7 Å². The highest BCUT2D eigenvalue weighted by Gasteiger charge is 2.28. The first-order chi connectivity index (χ1) is 17.1. The maximum absolute atomic E-state index is 13.1. The van der Waals surface area contributed by atoms with Crippen molar-refractivity contribution in [2.45, 2.75) is 44.4 Å². The van der Waals surface area contributed by atoms with E-state index < -0.39 is 12.3 Å². The van der Waals surface area contributed by atoms with Gasteiger partial charge in [0.05, 0.1) is 11.6 Å². The molecule has 2 aliphatic rings. The molecule has 0 aromatic heterocycles. The summed E-state index contributed by atoms with van der Waals surface area (Å²) in [6.45, 7) is 1.78. The monoisotopic (exact) mass is 474 g/mol. The first-order valence-electron chi connectivity index (χ1n) is 12.0. The van der Waals surface area contributed by atoms with E-state index in [0.717, 1.165) is 37.1 Å². The lowest BCUT2D eigenvalue weighted by atomic mass is 10.0. The largest absolute Gasteiger partial charge is 0.457 e. The number of ether oxygens (including phenoxy) is 2. The van der Waals surface area contributed by atoms with Crippen molar-refractivity contribution in [2.24, 2.45) is 0 Å². The Balaban J connectivity index is 1.25. The van der Waals surface area contributed by atoms with Gasteiger partial charge in [0.25, 0.3) is 0 Å². The average molecular weight is 475 g/mol. The summed E-state index contributed by atoms with van der Waals surface area (Å²) < 4.78 is 11.3. The molecule has 2 amide bonds. The third-order valence-corrected chi connectivity index (χ3v) is 6.06. The molecule has 2 aromatic rings. The van der Waals surface area contributed by atoms with Crippen molar-refractivity contribution in [1.29, 1.82) is 5.26 Å². The van der Waals surface area contributed by atoms with Gasteiger partial charge in [-0.3, -0.25) is 9.59 Å². The Morgan fingerprint density at radius 1 is 1.06 bits per heavy atom. The zero-order valence-electron chi connectivity index (χ0n) is 19.6. The fraction of sp³-hybridized carbons (Fsp3) is 0.370. The Bertz CT molecular complexity index is 1070. The molecule has 2 aliphatic heterocycles. The highest BCUT2D eigenvalue weighted by molar-refractivity contribution is 5.88. The molecule has 0 aliphatic carbocycles. The Labute approximate surface area is 205 Å². The summed E-state index contributed by atoms with van der Waals surface area (Å²) in [6, 6.07) is 18.5. The molecule has 1 fully saturated rings. The van der Waals surface area contributed by atoms with Crippen LogP contribution >= 0.6 is 0 Å². The van der Waals surface area contributed by atoms with Crippen molar-refractivity contribution < 1.29 is 19.1 Å². The third kappa shape index (κ3) is 7.00. The van der Waals surface area contributed by atoms with Crippen molar-refractivity contribution >= 4 is 11.8 Å². The van der Waals surface area contributed by atoms with Crippen molar-refractivity contribution in [1.82, 2.24) is 15.5 Å². The molecular formula is C27H30N4O4. The number of carbonyl (C=O) groups excluding carboxylic acids is 2. The average Bonchev–Trinajstić information content (AvgIpc) is 3.57. The summed E-state index contributed by atoms with van der Waals surface area (Å²) in [4.78, 5) is 27.6. The molecule has 35 heavy (non-hydrogen) atoms. The predicted octanol–water partition coefficient (Wildman–Crippen LogP) is 2.60. The van der Waals surface area contributed by atoms with E-state index in [0.29, 0.717) is 30.8 Å². The third-order valence-electron chi connectivity index (χ3n) is 6.06. The van der Waals surface area contributed by atoms with Crippen molar-refractivity contribution in [3.8, 4) is 6.07 Å². The van der Waals surface area contributed by atoms with Gasteiger partial charge in [-0.15, -0.1) is 0 Å². The molecule has 1 saturated heterocycles. The topological polar surface area (TPSA) is 104 Å². The number of amides is 2. The molecule has 182 valence electrons. The second-order valence-corrected chi connectivity index (χ2v) is 8.70. The molecule has 0 saturated carbocycles. The number of rotatable bonds is 10. The van der Waals surface area contributed by atoms with Crippen LogP contribution in [0.4, 0.5) is 0 Å². The van der Waals surface area contributed by atoms with Crippen LogP contribution in [0.1, 0.15) is 36.0 Å². The number of nitrogens with one attached hydrogen (secondary N) is 2. The van der Waals surface area contributed by atoms with E-state index in [-0.39, 0.29) is 18.2 Å². The summed E-state index contributed by atoms with van der Waals surface area (Å²) in [5, 5.41) is 15.0. The quantitative estimate of drug-likeness (QED) is 0.549. The summed E-state index contributed by atoms with van der Waals surface area (Å²) in [5.74, 6) is 0.206. The van der Waals surface area contributed by atoms with Crippen LogP contribution in [-0.2, 0) is 31.9 Å². The smallest absolute Gasteiger partial charge is 0.246 e. The van der Waals surface area contributed by atoms with Gasteiger partial charge in [0.1, 0.15) is 12.3 Å². The fourth-order valence-electron chi connectivity index (χ4n) is 4.19. The zero-order chi connectivity index (χ0) is 24.5. The molecule has 0 radical (unpaired) electrons. The van der Waals surface area contributed by atoms with Crippen molar-refractivity contribution in [3.63, 3.8) is 0 Å². The van der Waals surface area contributed by atoms with Gasteiger partial charge in [-0.1, -0.05) is 42.5 Å². The maximum Gasteiger partial charge on any atom is 0.246 e. The number of nitrogens with zero attached hydrogens (tertiary/aromatic N) is 2. The van der Waals surface area contributed by atoms with Gasteiger partial charge in [0.2, 0.25) is 24.0 Å². The van der Waals surface area contributed by atoms with Crippen LogP contribution in [0.15, 0.2) is 66.7 Å². The van der Waals surface area contributed by atoms with Gasteiger partial charge in [0.15, 0.2) is 0 Å². The lowest BCUT2D eigenvalue weighted by Crippen LogP contribution is -2.49. The van der Waals surface area contributed by atoms with E-state index in [1.54, 1.807) is 12.1 Å². The summed E-state index contributed by atoms with van der Waals surface area (Å²) in [6.07, 6.45) is 4.27. The highest BCUT2D eigenvalue weighted by Crippen LogP contribution is 2.17. The number of hydrogen-bond donors (Lipinski definition) is 2. The lowest BCUT2D eigenvalue weighted by Gasteiger charge is -2.24. The Morgan fingerprint density at radius 3 is 2.51 bits per heavy atom. The second kappa shape index (κ2) is 11.9. The van der Waals surface area contributed by atoms with Gasteiger partial charge in [-0.05, 0) is 36.1 Å². The van der Waals surface area contributed by atoms with Crippen LogP contribution in [0.5, 0.6) is 0 Å². The molecule has 4 rings (SSSR count). The van der Waals surface area contributed by atoms with Gasteiger partial charge >= 0.3 is 0 Å². The number of hydrogen-bond acceptors (Lipinski definition) is 6. The van der Waals surface area contributed by atoms with Gasteiger partial charge in [-0.2, -0.15) is 5.26 Å². The molecular weight excluding hydrogens is 444 g/mol. The molecule has 0 bridgehead atoms. The normalized spacial score (nSPS) is 17.5. The summed E-state index contributed by atoms with van der Waals surface area (Å²) in [5.41, 5.74) is 2.57. The van der Waals surface area contributed by atoms with E-state index in [1.807, 2.05) is 47.4 Å². The van der Waals surface area contributed by atoms with Crippen LogP contribution in [0.3, 0.4) is 0 Å². The first-order valence-corrected chi connectivity index (χ1v) is 12.0. The molecule has 2 N–H and O–H groups in total. The second-order valence-electron chi connectivity index (χ2n) is 8.70. The number of benzene rings is 2. The molecule has 0 spiro atoms. The van der Waals surface area contributed by atoms with Crippen molar-refractivity contribution in [3.05, 3.63) is 83.4 Å². The number of likely N-dealkylation sites (tertiary alicyclic amines) is 1. The van der Waals surface area contributed by atoms with Gasteiger partial charge in [-0.25, -0.2) is 0 Å². The van der Waals surface area contributed by atoms with E-state index in [9.17, 15) is 9.59 Å². The Morgan fingerprint density at radius 2 is 1.80 bits per heavy atom. The number of carbonyl (C=O) groups is 2. The first kappa shape index (κ1) is 24.1. The van der Waals surface area contributed by atoms with Gasteiger partial charge < -0.3 is 25.0 Å². The molecule has 2 unspecified atom stereocenters. The fourth-order valence-corrected chi connectivity index (χ4v) is 4.19. The van der Waals surface area contributed by atoms with E-state index >= 15 is 0 Å². The van der Waals surface area contributed by atoms with E-state index in [2.05, 4.69) is 16.7 Å². The minimum absolute atomic E-state index is 0.0628. The standard InChI is InChI=1S/C27H30N4O4/c28-18-22-10-8-21(9-11-22)16-23(27(33)31-14-4-5-15-31)30-24(32)12-13-29-25-19-34-26(35-25)17-20-6-2-1-3-7-20/h1-3,6-11,19,23,26,29H,4-5,12-17H2,(H,30,32). The van der Waals surface area contributed by atoms with Crippen molar-refractivity contribution in [2.75, 3.05) is 19.6 Å². The van der Waals surface area contributed by atoms with Gasteiger partial charge in [0, 0.05) is 38.9 Å². The van der Waals surface area contributed by atoms with Crippen LogP contribution in [0.2, 0.25) is 0 Å². The molecule has 8 heteroatoms. The predicted molar refractivity (Wildman–Crippen MR) is 129 cm³/mol.